The first-order valence-corrected chi connectivity index (χ1v) is 16.3. The lowest BCUT2D eigenvalue weighted by molar-refractivity contribution is 1.60. The molecule has 0 nitrogen and oxygen atoms in total. The summed E-state index contributed by atoms with van der Waals surface area (Å²) in [5.41, 5.74) is 10.1. The van der Waals surface area contributed by atoms with Gasteiger partial charge in [0.15, 0.2) is 0 Å². The van der Waals surface area contributed by atoms with Gasteiger partial charge in [-0.15, -0.1) is 11.3 Å². The van der Waals surface area contributed by atoms with E-state index in [1.165, 1.54) is 86.2 Å². The van der Waals surface area contributed by atoms with Crippen LogP contribution in [0.2, 0.25) is 0 Å². The second-order valence-electron chi connectivity index (χ2n) is 11.6. The molecule has 9 rings (SSSR count). The van der Waals surface area contributed by atoms with Crippen molar-refractivity contribution in [3.05, 3.63) is 170 Å². The molecule has 0 aliphatic heterocycles. The summed E-state index contributed by atoms with van der Waals surface area (Å²) in [5, 5.41) is 7.76. The van der Waals surface area contributed by atoms with Gasteiger partial charge in [-0.3, -0.25) is 0 Å². The van der Waals surface area contributed by atoms with Crippen LogP contribution in [0.4, 0.5) is 0 Å². The number of benzene rings is 8. The number of rotatable bonds is 4. The van der Waals surface area contributed by atoms with Gasteiger partial charge in [-0.05, 0) is 72.1 Å². The Hall–Kier alpha value is -5.50. The maximum atomic E-state index is 2.31. The van der Waals surface area contributed by atoms with Gasteiger partial charge in [0.1, 0.15) is 0 Å². The Labute approximate surface area is 266 Å². The zero-order valence-corrected chi connectivity index (χ0v) is 25.4. The molecule has 0 bridgehead atoms. The van der Waals surface area contributed by atoms with Gasteiger partial charge in [-0.25, -0.2) is 0 Å². The van der Waals surface area contributed by atoms with Crippen LogP contribution in [0.15, 0.2) is 170 Å². The van der Waals surface area contributed by atoms with Gasteiger partial charge in [-0.1, -0.05) is 164 Å². The van der Waals surface area contributed by atoms with E-state index in [-0.39, 0.29) is 0 Å². The molecular formula is C44H28S. The van der Waals surface area contributed by atoms with Crippen LogP contribution in [0.5, 0.6) is 0 Å². The van der Waals surface area contributed by atoms with E-state index in [4.69, 9.17) is 0 Å². The molecule has 0 amide bonds. The van der Waals surface area contributed by atoms with Crippen LogP contribution in [0.25, 0.3) is 86.2 Å². The lowest BCUT2D eigenvalue weighted by Gasteiger charge is -2.19. The van der Waals surface area contributed by atoms with Gasteiger partial charge in [-0.2, -0.15) is 0 Å². The van der Waals surface area contributed by atoms with Gasteiger partial charge in [0.25, 0.3) is 0 Å². The first-order chi connectivity index (χ1) is 22.3. The minimum atomic E-state index is 1.23. The summed E-state index contributed by atoms with van der Waals surface area (Å²) in [5.74, 6) is 0. The van der Waals surface area contributed by atoms with Gasteiger partial charge in [0.05, 0.1) is 0 Å². The molecule has 0 atom stereocenters. The molecular weight excluding hydrogens is 561 g/mol. The smallest absolute Gasteiger partial charge is 0.0433 e. The van der Waals surface area contributed by atoms with Crippen LogP contribution in [0, 0.1) is 0 Å². The molecule has 0 N–H and O–H groups in total. The first kappa shape index (κ1) is 25.9. The van der Waals surface area contributed by atoms with Gasteiger partial charge >= 0.3 is 0 Å². The highest BCUT2D eigenvalue weighted by atomic mass is 32.1. The van der Waals surface area contributed by atoms with E-state index in [1.54, 1.807) is 0 Å². The minimum Gasteiger partial charge on any atom is -0.135 e. The summed E-state index contributed by atoms with van der Waals surface area (Å²) in [6.07, 6.45) is 0. The van der Waals surface area contributed by atoms with E-state index >= 15 is 0 Å². The fourth-order valence-electron chi connectivity index (χ4n) is 7.09. The Morgan fingerprint density at radius 3 is 1.42 bits per heavy atom. The van der Waals surface area contributed by atoms with Gasteiger partial charge < -0.3 is 0 Å². The predicted octanol–water partition coefficient (Wildman–Crippen LogP) is 13.0. The first-order valence-electron chi connectivity index (χ1n) is 15.4. The quantitative estimate of drug-likeness (QED) is 0.179. The third kappa shape index (κ3) is 4.20. The van der Waals surface area contributed by atoms with Crippen molar-refractivity contribution in [2.45, 2.75) is 0 Å². The van der Waals surface area contributed by atoms with E-state index in [9.17, 15) is 0 Å². The SMILES string of the molecule is c1ccc(-c2ccccc2-c2c3ccccc3c(-c3ccc(-c4cccc5c4sc4ccccc45)cc3)c3ccccc23)cc1. The largest absolute Gasteiger partial charge is 0.135 e. The van der Waals surface area contributed by atoms with E-state index in [0.717, 1.165) is 0 Å². The third-order valence-corrected chi connectivity index (χ3v) is 10.3. The summed E-state index contributed by atoms with van der Waals surface area (Å²) in [6.45, 7) is 0. The molecule has 0 saturated heterocycles. The lowest BCUT2D eigenvalue weighted by Crippen LogP contribution is -1.92. The van der Waals surface area contributed by atoms with E-state index < -0.39 is 0 Å². The van der Waals surface area contributed by atoms with Crippen molar-refractivity contribution in [1.29, 1.82) is 0 Å². The molecule has 0 aliphatic rings. The second-order valence-corrected chi connectivity index (χ2v) is 12.7. The summed E-state index contributed by atoms with van der Waals surface area (Å²) < 4.78 is 2.69. The van der Waals surface area contributed by atoms with Gasteiger partial charge in [0, 0.05) is 20.2 Å². The minimum absolute atomic E-state index is 1.23. The fourth-order valence-corrected chi connectivity index (χ4v) is 8.33. The summed E-state index contributed by atoms with van der Waals surface area (Å²) >= 11 is 1.89. The zero-order chi connectivity index (χ0) is 29.7. The number of thiophene rings is 1. The zero-order valence-electron chi connectivity index (χ0n) is 24.6. The molecule has 1 heterocycles. The maximum absolute atomic E-state index is 2.31. The van der Waals surface area contributed by atoms with Crippen molar-refractivity contribution < 1.29 is 0 Å². The molecule has 1 aromatic heterocycles. The molecule has 8 aromatic carbocycles. The van der Waals surface area contributed by atoms with Crippen molar-refractivity contribution >= 4 is 53.1 Å². The van der Waals surface area contributed by atoms with Crippen LogP contribution < -0.4 is 0 Å². The van der Waals surface area contributed by atoms with E-state index in [1.807, 2.05) is 11.3 Å². The predicted molar refractivity (Wildman–Crippen MR) is 196 cm³/mol. The Morgan fingerprint density at radius 2 is 0.733 bits per heavy atom. The van der Waals surface area contributed by atoms with E-state index in [0.29, 0.717) is 0 Å². The molecule has 0 saturated carbocycles. The average Bonchev–Trinajstić information content (AvgIpc) is 3.50. The molecule has 9 aromatic rings. The molecule has 0 spiro atoms. The van der Waals surface area contributed by atoms with Crippen molar-refractivity contribution in [2.24, 2.45) is 0 Å². The topological polar surface area (TPSA) is 0 Å². The van der Waals surface area contributed by atoms with Crippen LogP contribution in [-0.2, 0) is 0 Å². The Kier molecular flexibility index (Phi) is 6.11. The van der Waals surface area contributed by atoms with Crippen molar-refractivity contribution in [1.82, 2.24) is 0 Å². The van der Waals surface area contributed by atoms with E-state index in [2.05, 4.69) is 170 Å². The van der Waals surface area contributed by atoms with Crippen molar-refractivity contribution in [3.63, 3.8) is 0 Å². The second kappa shape index (κ2) is 10.6. The highest BCUT2D eigenvalue weighted by Crippen LogP contribution is 2.46. The average molecular weight is 589 g/mol. The van der Waals surface area contributed by atoms with Crippen LogP contribution >= 0.6 is 11.3 Å². The lowest BCUT2D eigenvalue weighted by atomic mass is 9.83. The number of hydrogen-bond donors (Lipinski definition) is 0. The van der Waals surface area contributed by atoms with Crippen LogP contribution in [0.1, 0.15) is 0 Å². The molecule has 210 valence electrons. The third-order valence-electron chi connectivity index (χ3n) is 9.10. The number of hydrogen-bond acceptors (Lipinski definition) is 1. The summed E-state index contributed by atoms with van der Waals surface area (Å²) in [6, 6.07) is 62.1. The highest BCUT2D eigenvalue weighted by molar-refractivity contribution is 7.26. The van der Waals surface area contributed by atoms with Gasteiger partial charge in [0.2, 0.25) is 0 Å². The van der Waals surface area contributed by atoms with Crippen LogP contribution in [0.3, 0.4) is 0 Å². The Morgan fingerprint density at radius 1 is 0.267 bits per heavy atom. The fraction of sp³-hybridized carbons (Fsp3) is 0. The Balaban J connectivity index is 1.26. The summed E-state index contributed by atoms with van der Waals surface area (Å²) in [4.78, 5) is 0. The monoisotopic (exact) mass is 588 g/mol. The molecule has 0 unspecified atom stereocenters. The van der Waals surface area contributed by atoms with Crippen molar-refractivity contribution in [2.75, 3.05) is 0 Å². The molecule has 0 radical (unpaired) electrons. The summed E-state index contributed by atoms with van der Waals surface area (Å²) in [7, 11) is 0. The molecule has 45 heavy (non-hydrogen) atoms. The molecule has 0 aliphatic carbocycles. The number of fused-ring (bicyclic) bond motifs is 5. The molecule has 0 fully saturated rings. The molecule has 1 heteroatoms. The highest BCUT2D eigenvalue weighted by Gasteiger charge is 2.19. The maximum Gasteiger partial charge on any atom is 0.0433 e. The normalized spacial score (nSPS) is 11.6. The van der Waals surface area contributed by atoms with Crippen molar-refractivity contribution in [3.8, 4) is 44.5 Å². The standard InChI is InChI=1S/C44H28S/c1-2-13-29(14-3-1)32-15-4-5-17-35(32)43-38-20-8-6-18-36(38)42(37-19-7-9-21-39(37)43)31-27-25-30(26-28-31)33-22-12-23-40-34-16-10-11-24-41(34)45-44(33)40/h1-28H. The van der Waals surface area contributed by atoms with Crippen LogP contribution in [-0.4, -0.2) is 0 Å². The Bertz CT molecular complexity index is 2460.